The number of carbonyl (C=O) groups is 2. The Kier molecular flexibility index (Phi) is 4.59. The van der Waals surface area contributed by atoms with Crippen LogP contribution in [0.25, 0.3) is 0 Å². The van der Waals surface area contributed by atoms with Gasteiger partial charge < -0.3 is 21.1 Å². The van der Waals surface area contributed by atoms with E-state index in [1.807, 2.05) is 0 Å². The van der Waals surface area contributed by atoms with E-state index < -0.39 is 11.5 Å². The largest absolute Gasteiger partial charge is 0.392 e. The van der Waals surface area contributed by atoms with Crippen LogP contribution in [0.3, 0.4) is 0 Å². The number of hydrogen-bond acceptors (Lipinski definition) is 4. The fourth-order valence-corrected chi connectivity index (χ4v) is 2.56. The zero-order chi connectivity index (χ0) is 14.8. The number of hydrogen-bond donors (Lipinski definition) is 3. The molecule has 0 spiro atoms. The molecule has 1 unspecified atom stereocenters. The lowest BCUT2D eigenvalue weighted by molar-refractivity contribution is -0.135. The molecule has 0 aromatic carbocycles. The summed E-state index contributed by atoms with van der Waals surface area (Å²) in [7, 11) is 0. The molecule has 0 aromatic rings. The summed E-state index contributed by atoms with van der Waals surface area (Å²) in [6.07, 6.45) is 2.96. The summed E-state index contributed by atoms with van der Waals surface area (Å²) in [5, 5.41) is 5.59. The second-order valence-electron chi connectivity index (χ2n) is 5.54. The van der Waals surface area contributed by atoms with Crippen molar-refractivity contribution in [2.24, 2.45) is 11.1 Å². The summed E-state index contributed by atoms with van der Waals surface area (Å²) in [6, 6.07) is -0.313. The van der Waals surface area contributed by atoms with Crippen molar-refractivity contribution in [2.45, 2.75) is 44.7 Å². The van der Waals surface area contributed by atoms with Crippen molar-refractivity contribution in [3.8, 4) is 0 Å². The van der Waals surface area contributed by atoms with E-state index >= 15 is 0 Å². The van der Waals surface area contributed by atoms with E-state index in [0.29, 0.717) is 26.1 Å². The smallest absolute Gasteiger partial charge is 0.242 e. The van der Waals surface area contributed by atoms with Gasteiger partial charge in [0.25, 0.3) is 0 Å². The number of thiocarbonyl (C=S) groups is 1. The molecule has 0 radical (unpaired) electrons. The zero-order valence-electron chi connectivity index (χ0n) is 11.6. The van der Waals surface area contributed by atoms with Crippen LogP contribution in [0.5, 0.6) is 0 Å². The molecule has 2 fully saturated rings. The summed E-state index contributed by atoms with van der Waals surface area (Å²) in [4.78, 5) is 24.5. The average Bonchev–Trinajstić information content (AvgIpc) is 3.23. The SMILES string of the molecule is CC(NC(=O)C1(C(N)=S)CCOCC1)C(=O)NC1CC1. The Bertz CT molecular complexity index is 417. The van der Waals surface area contributed by atoms with E-state index in [0.717, 1.165) is 12.8 Å². The predicted molar refractivity (Wildman–Crippen MR) is 78.0 cm³/mol. The van der Waals surface area contributed by atoms with Crippen molar-refractivity contribution >= 4 is 29.0 Å². The van der Waals surface area contributed by atoms with Crippen LogP contribution in [0.2, 0.25) is 0 Å². The van der Waals surface area contributed by atoms with Gasteiger partial charge in [-0.25, -0.2) is 0 Å². The molecule has 112 valence electrons. The molecule has 1 atom stereocenters. The maximum absolute atomic E-state index is 12.5. The number of ether oxygens (including phenoxy) is 1. The van der Waals surface area contributed by atoms with Gasteiger partial charge in [0.1, 0.15) is 11.5 Å². The van der Waals surface area contributed by atoms with Gasteiger partial charge in [-0.15, -0.1) is 0 Å². The van der Waals surface area contributed by atoms with Crippen molar-refractivity contribution < 1.29 is 14.3 Å². The van der Waals surface area contributed by atoms with Crippen LogP contribution in [0, 0.1) is 5.41 Å². The molecule has 0 bridgehead atoms. The van der Waals surface area contributed by atoms with Crippen LogP contribution in [-0.4, -0.2) is 42.1 Å². The van der Waals surface area contributed by atoms with Crippen LogP contribution in [0.1, 0.15) is 32.6 Å². The molecule has 2 aliphatic rings. The van der Waals surface area contributed by atoms with Gasteiger partial charge in [-0.05, 0) is 32.6 Å². The molecule has 0 aromatic heterocycles. The Morgan fingerprint density at radius 2 is 1.95 bits per heavy atom. The van der Waals surface area contributed by atoms with Gasteiger partial charge in [0, 0.05) is 19.3 Å². The molecular weight excluding hydrogens is 278 g/mol. The summed E-state index contributed by atoms with van der Waals surface area (Å²) in [5.74, 6) is -0.433. The normalized spacial score (nSPS) is 22.6. The Balaban J connectivity index is 1.96. The fraction of sp³-hybridized carbons (Fsp3) is 0.769. The molecule has 1 aliphatic carbocycles. The van der Waals surface area contributed by atoms with Crippen molar-refractivity contribution in [1.82, 2.24) is 10.6 Å². The quantitative estimate of drug-likeness (QED) is 0.614. The highest BCUT2D eigenvalue weighted by Crippen LogP contribution is 2.31. The Labute approximate surface area is 123 Å². The molecule has 20 heavy (non-hydrogen) atoms. The number of amides is 2. The lowest BCUT2D eigenvalue weighted by atomic mass is 9.79. The van der Waals surface area contributed by atoms with Gasteiger partial charge >= 0.3 is 0 Å². The maximum Gasteiger partial charge on any atom is 0.242 e. The average molecular weight is 299 g/mol. The second-order valence-corrected chi connectivity index (χ2v) is 5.98. The first-order chi connectivity index (χ1) is 9.45. The van der Waals surface area contributed by atoms with Gasteiger partial charge in [0.15, 0.2) is 0 Å². The van der Waals surface area contributed by atoms with Crippen molar-refractivity contribution in [2.75, 3.05) is 13.2 Å². The Hall–Kier alpha value is -1.21. The molecule has 1 heterocycles. The minimum atomic E-state index is -0.887. The number of nitrogens with one attached hydrogen (secondary N) is 2. The highest BCUT2D eigenvalue weighted by molar-refractivity contribution is 7.80. The Morgan fingerprint density at radius 1 is 1.35 bits per heavy atom. The summed E-state index contributed by atoms with van der Waals surface area (Å²) in [5.41, 5.74) is 4.87. The number of rotatable bonds is 5. The molecule has 2 rings (SSSR count). The monoisotopic (exact) mass is 299 g/mol. The third-order valence-electron chi connectivity index (χ3n) is 3.92. The van der Waals surface area contributed by atoms with Crippen LogP contribution in [0.4, 0.5) is 0 Å². The lowest BCUT2D eigenvalue weighted by Gasteiger charge is -2.35. The van der Waals surface area contributed by atoms with Gasteiger partial charge in [-0.2, -0.15) is 0 Å². The highest BCUT2D eigenvalue weighted by Gasteiger charge is 2.43. The molecule has 1 saturated carbocycles. The van der Waals surface area contributed by atoms with Crippen LogP contribution in [-0.2, 0) is 14.3 Å². The standard InChI is InChI=1S/C13H21N3O3S/c1-8(10(17)16-9-2-3-9)15-12(18)13(11(14)20)4-6-19-7-5-13/h8-9H,2-7H2,1H3,(H2,14,20)(H,15,18)(H,16,17). The minimum absolute atomic E-state index is 0.161. The van der Waals surface area contributed by atoms with Gasteiger partial charge in [-0.1, -0.05) is 12.2 Å². The van der Waals surface area contributed by atoms with Crippen molar-refractivity contribution in [3.05, 3.63) is 0 Å². The van der Waals surface area contributed by atoms with E-state index in [1.165, 1.54) is 0 Å². The van der Waals surface area contributed by atoms with Gasteiger partial charge in [0.2, 0.25) is 11.8 Å². The first-order valence-electron chi connectivity index (χ1n) is 6.95. The zero-order valence-corrected chi connectivity index (χ0v) is 12.4. The summed E-state index contributed by atoms with van der Waals surface area (Å²) >= 11 is 5.06. The van der Waals surface area contributed by atoms with Crippen molar-refractivity contribution in [3.63, 3.8) is 0 Å². The molecule has 7 heteroatoms. The molecule has 6 nitrogen and oxygen atoms in total. The topological polar surface area (TPSA) is 93.5 Å². The van der Waals surface area contributed by atoms with E-state index in [1.54, 1.807) is 6.92 Å². The minimum Gasteiger partial charge on any atom is -0.392 e. The van der Waals surface area contributed by atoms with Gasteiger partial charge in [0.05, 0.1) is 4.99 Å². The Morgan fingerprint density at radius 3 is 2.45 bits per heavy atom. The maximum atomic E-state index is 12.5. The first kappa shape index (κ1) is 15.2. The van der Waals surface area contributed by atoms with E-state index in [-0.39, 0.29) is 22.8 Å². The highest BCUT2D eigenvalue weighted by atomic mass is 32.1. The predicted octanol–water partition coefficient (Wildman–Crippen LogP) is -0.147. The molecule has 4 N–H and O–H groups in total. The van der Waals surface area contributed by atoms with Crippen molar-refractivity contribution in [1.29, 1.82) is 0 Å². The molecule has 1 saturated heterocycles. The molecule has 2 amide bonds. The number of nitrogens with two attached hydrogens (primary N) is 1. The summed E-state index contributed by atoms with van der Waals surface area (Å²) < 4.78 is 5.26. The fourth-order valence-electron chi connectivity index (χ4n) is 2.26. The summed E-state index contributed by atoms with van der Waals surface area (Å²) in [6.45, 7) is 2.57. The third kappa shape index (κ3) is 3.27. The van der Waals surface area contributed by atoms with Gasteiger partial charge in [-0.3, -0.25) is 9.59 Å². The van der Waals surface area contributed by atoms with Crippen LogP contribution in [0.15, 0.2) is 0 Å². The van der Waals surface area contributed by atoms with Crippen LogP contribution >= 0.6 is 12.2 Å². The second kappa shape index (κ2) is 6.05. The third-order valence-corrected chi connectivity index (χ3v) is 4.31. The lowest BCUT2D eigenvalue weighted by Crippen LogP contribution is -2.56. The first-order valence-corrected chi connectivity index (χ1v) is 7.35. The molecular formula is C13H21N3O3S. The number of carbonyl (C=O) groups excluding carboxylic acids is 2. The van der Waals surface area contributed by atoms with E-state index in [9.17, 15) is 9.59 Å². The van der Waals surface area contributed by atoms with E-state index in [4.69, 9.17) is 22.7 Å². The van der Waals surface area contributed by atoms with Crippen LogP contribution < -0.4 is 16.4 Å². The molecule has 1 aliphatic heterocycles. The van der Waals surface area contributed by atoms with E-state index in [2.05, 4.69) is 10.6 Å².